The van der Waals surface area contributed by atoms with E-state index >= 15 is 0 Å². The molecule has 1 aliphatic rings. The summed E-state index contributed by atoms with van der Waals surface area (Å²) in [4.78, 5) is 41.7. The molecule has 0 saturated heterocycles. The molecule has 0 saturated carbocycles. The van der Waals surface area contributed by atoms with Crippen LogP contribution in [0.2, 0.25) is 0 Å². The highest BCUT2D eigenvalue weighted by atomic mass is 79.9. The summed E-state index contributed by atoms with van der Waals surface area (Å²) in [6, 6.07) is 37.6. The Labute approximate surface area is 269 Å². The van der Waals surface area contributed by atoms with Gasteiger partial charge in [0.25, 0.3) is 0 Å². The molecule has 0 radical (unpaired) electrons. The molecular formula is C37H29BrN2O5. The highest BCUT2D eigenvalue weighted by Gasteiger charge is 2.51. The molecule has 5 aromatic carbocycles. The van der Waals surface area contributed by atoms with Gasteiger partial charge in [0.1, 0.15) is 13.2 Å². The molecule has 7 nitrogen and oxygen atoms in total. The molecule has 0 aliphatic heterocycles. The van der Waals surface area contributed by atoms with E-state index in [9.17, 15) is 14.4 Å². The third-order valence-electron chi connectivity index (χ3n) is 7.74. The lowest BCUT2D eigenvalue weighted by molar-refractivity contribution is -0.128. The second kappa shape index (κ2) is 13.2. The average Bonchev–Trinajstić information content (AvgIpc) is 3.07. The van der Waals surface area contributed by atoms with Crippen molar-refractivity contribution in [2.24, 2.45) is 0 Å². The lowest BCUT2D eigenvalue weighted by atomic mass is 9.74. The van der Waals surface area contributed by atoms with Crippen molar-refractivity contribution in [2.75, 3.05) is 0 Å². The van der Waals surface area contributed by atoms with E-state index in [0.717, 1.165) is 36.9 Å². The maximum Gasteiger partial charge on any atom is 0.430 e. The van der Waals surface area contributed by atoms with Crippen LogP contribution in [0.15, 0.2) is 132 Å². The first-order valence-electron chi connectivity index (χ1n) is 14.4. The molecule has 1 aliphatic carbocycles. The maximum absolute atomic E-state index is 14.3. The van der Waals surface area contributed by atoms with E-state index in [2.05, 4.69) is 21.4 Å². The number of fused-ring (bicyclic) bond motifs is 2. The van der Waals surface area contributed by atoms with Crippen LogP contribution in [0.4, 0.5) is 9.59 Å². The number of halogens is 1. The Morgan fingerprint density at radius 2 is 1.33 bits per heavy atom. The van der Waals surface area contributed by atoms with E-state index in [1.54, 1.807) is 12.1 Å². The van der Waals surface area contributed by atoms with E-state index in [4.69, 9.17) is 9.47 Å². The van der Waals surface area contributed by atoms with Gasteiger partial charge in [-0.05, 0) is 56.8 Å². The van der Waals surface area contributed by atoms with Crippen LogP contribution in [0.1, 0.15) is 27.8 Å². The number of ether oxygens (including phenoxy) is 2. The number of amides is 2. The van der Waals surface area contributed by atoms with Crippen molar-refractivity contribution >= 4 is 50.7 Å². The molecule has 0 unspecified atom stereocenters. The van der Waals surface area contributed by atoms with Gasteiger partial charge in [-0.15, -0.1) is 0 Å². The van der Waals surface area contributed by atoms with Gasteiger partial charge in [0.05, 0.1) is 0 Å². The number of benzene rings is 5. The summed E-state index contributed by atoms with van der Waals surface area (Å²) < 4.78 is 12.1. The SMILES string of the molecule is O=C(NN(C(=O)OCc1ccccc1)[C@@]1(Cc2ccc3ccccc3c2)C(=O)C=Cc2cc(Br)ccc21)OCc1ccccc1. The number of hydrazine groups is 1. The molecule has 0 bridgehead atoms. The highest BCUT2D eigenvalue weighted by molar-refractivity contribution is 9.10. The summed E-state index contributed by atoms with van der Waals surface area (Å²) in [6.07, 6.45) is 1.38. The minimum Gasteiger partial charge on any atom is -0.443 e. The van der Waals surface area contributed by atoms with Crippen molar-refractivity contribution in [2.45, 2.75) is 25.2 Å². The van der Waals surface area contributed by atoms with Crippen LogP contribution >= 0.6 is 15.9 Å². The number of rotatable bonds is 7. The molecule has 6 rings (SSSR count). The van der Waals surface area contributed by atoms with E-state index in [1.165, 1.54) is 6.08 Å². The summed E-state index contributed by atoms with van der Waals surface area (Å²) in [5.74, 6) is -0.398. The normalized spacial score (nSPS) is 15.3. The first kappa shape index (κ1) is 29.8. The summed E-state index contributed by atoms with van der Waals surface area (Å²) in [6.45, 7) is -0.102. The minimum atomic E-state index is -1.70. The van der Waals surface area contributed by atoms with Crippen molar-refractivity contribution in [1.29, 1.82) is 0 Å². The lowest BCUT2D eigenvalue weighted by Gasteiger charge is -2.43. The quantitative estimate of drug-likeness (QED) is 0.178. The van der Waals surface area contributed by atoms with Crippen LogP contribution < -0.4 is 5.43 Å². The Balaban J connectivity index is 1.43. The Bertz CT molecular complexity index is 1890. The largest absolute Gasteiger partial charge is 0.443 e. The van der Waals surface area contributed by atoms with E-state index in [1.807, 2.05) is 115 Å². The van der Waals surface area contributed by atoms with Crippen LogP contribution in [0.25, 0.3) is 16.8 Å². The zero-order chi connectivity index (χ0) is 31.2. The molecule has 1 atom stereocenters. The zero-order valence-electron chi connectivity index (χ0n) is 24.2. The van der Waals surface area contributed by atoms with Gasteiger partial charge in [-0.3, -0.25) is 4.79 Å². The van der Waals surface area contributed by atoms with Gasteiger partial charge in [0, 0.05) is 10.9 Å². The second-order valence-corrected chi connectivity index (χ2v) is 11.6. The van der Waals surface area contributed by atoms with Gasteiger partial charge >= 0.3 is 12.2 Å². The van der Waals surface area contributed by atoms with Gasteiger partial charge in [-0.2, -0.15) is 5.01 Å². The molecule has 0 fully saturated rings. The molecule has 0 aromatic heterocycles. The fourth-order valence-electron chi connectivity index (χ4n) is 5.55. The van der Waals surface area contributed by atoms with Crippen molar-refractivity contribution in [1.82, 2.24) is 10.4 Å². The van der Waals surface area contributed by atoms with Crippen molar-refractivity contribution in [3.63, 3.8) is 0 Å². The Kier molecular flexibility index (Phi) is 8.75. The zero-order valence-corrected chi connectivity index (χ0v) is 25.8. The van der Waals surface area contributed by atoms with Crippen molar-refractivity contribution in [3.05, 3.63) is 160 Å². The first-order chi connectivity index (χ1) is 21.9. The molecule has 5 aromatic rings. The van der Waals surface area contributed by atoms with Gasteiger partial charge < -0.3 is 9.47 Å². The van der Waals surface area contributed by atoms with E-state index in [-0.39, 0.29) is 19.6 Å². The average molecular weight is 662 g/mol. The number of nitrogens with one attached hydrogen (secondary N) is 1. The molecular weight excluding hydrogens is 632 g/mol. The second-order valence-electron chi connectivity index (χ2n) is 10.7. The van der Waals surface area contributed by atoms with E-state index in [0.29, 0.717) is 11.1 Å². The third kappa shape index (κ3) is 6.51. The topological polar surface area (TPSA) is 84.9 Å². The molecule has 0 spiro atoms. The van der Waals surface area contributed by atoms with E-state index < -0.39 is 23.5 Å². The smallest absolute Gasteiger partial charge is 0.430 e. The Hall–Kier alpha value is -5.21. The number of carbonyl (C=O) groups excluding carboxylic acids is 3. The fourth-order valence-corrected chi connectivity index (χ4v) is 5.93. The summed E-state index contributed by atoms with van der Waals surface area (Å²) in [5, 5.41) is 3.02. The monoisotopic (exact) mass is 660 g/mol. The molecule has 8 heteroatoms. The van der Waals surface area contributed by atoms with Gasteiger partial charge in [0.15, 0.2) is 11.3 Å². The van der Waals surface area contributed by atoms with Crippen LogP contribution in [-0.4, -0.2) is 23.0 Å². The van der Waals surface area contributed by atoms with Crippen LogP contribution in [0.5, 0.6) is 0 Å². The molecule has 1 N–H and O–H groups in total. The summed E-state index contributed by atoms with van der Waals surface area (Å²) in [5.41, 5.74) is 4.45. The molecule has 224 valence electrons. The predicted octanol–water partition coefficient (Wildman–Crippen LogP) is 8.12. The predicted molar refractivity (Wildman–Crippen MR) is 176 cm³/mol. The van der Waals surface area contributed by atoms with Gasteiger partial charge in [-0.25, -0.2) is 15.0 Å². The van der Waals surface area contributed by atoms with Crippen LogP contribution in [0, 0.1) is 0 Å². The highest BCUT2D eigenvalue weighted by Crippen LogP contribution is 2.41. The number of hydrogen-bond acceptors (Lipinski definition) is 5. The molecule has 2 amide bonds. The Morgan fingerprint density at radius 1 is 0.689 bits per heavy atom. The number of nitrogens with zero attached hydrogens (tertiary/aromatic N) is 1. The lowest BCUT2D eigenvalue weighted by Crippen LogP contribution is -2.63. The number of hydrogen-bond donors (Lipinski definition) is 1. The number of ketones is 1. The Morgan fingerprint density at radius 3 is 2.04 bits per heavy atom. The standard InChI is InChI=1S/C37H29BrN2O5/c38-32-18-19-33-31(22-32)17-20-34(41)37(33,23-28-15-16-29-13-7-8-14-30(29)21-28)40(36(43)45-25-27-11-5-2-6-12-27)39-35(42)44-24-26-9-3-1-4-10-26/h1-22H,23-25H2,(H,39,42)/t37-/m1/s1. The van der Waals surface area contributed by atoms with Crippen molar-refractivity contribution < 1.29 is 23.9 Å². The summed E-state index contributed by atoms with van der Waals surface area (Å²) >= 11 is 3.52. The van der Waals surface area contributed by atoms with Gasteiger partial charge in [0.2, 0.25) is 0 Å². The summed E-state index contributed by atoms with van der Waals surface area (Å²) in [7, 11) is 0. The fraction of sp³-hybridized carbons (Fsp3) is 0.108. The maximum atomic E-state index is 14.3. The molecule has 0 heterocycles. The van der Waals surface area contributed by atoms with Crippen LogP contribution in [0.3, 0.4) is 0 Å². The van der Waals surface area contributed by atoms with Crippen LogP contribution in [-0.2, 0) is 39.4 Å². The number of carbonyl (C=O) groups is 3. The van der Waals surface area contributed by atoms with Crippen molar-refractivity contribution in [3.8, 4) is 0 Å². The van der Waals surface area contributed by atoms with Gasteiger partial charge in [-0.1, -0.05) is 131 Å². The third-order valence-corrected chi connectivity index (χ3v) is 8.23. The molecule has 45 heavy (non-hydrogen) atoms. The first-order valence-corrected chi connectivity index (χ1v) is 15.2. The minimum absolute atomic E-state index is 0.0331.